The van der Waals surface area contributed by atoms with E-state index in [9.17, 15) is 14.4 Å². The van der Waals surface area contributed by atoms with Crippen molar-refractivity contribution in [2.45, 2.75) is 13.3 Å². The lowest BCUT2D eigenvalue weighted by molar-refractivity contribution is -0.120. The van der Waals surface area contributed by atoms with Crippen molar-refractivity contribution in [3.8, 4) is 0 Å². The maximum absolute atomic E-state index is 11.0. The van der Waals surface area contributed by atoms with Crippen molar-refractivity contribution in [3.05, 3.63) is 0 Å². The molecule has 0 aliphatic heterocycles. The first-order valence-electron chi connectivity index (χ1n) is 4.44. The number of urea groups is 1. The smallest absolute Gasteiger partial charge is 0.321 e. The summed E-state index contributed by atoms with van der Waals surface area (Å²) in [5.74, 6) is -0.428. The summed E-state index contributed by atoms with van der Waals surface area (Å²) in [6.07, 6.45) is 0.0979. The third-order valence-corrected chi connectivity index (χ3v) is 1.55. The molecule has 7 heteroatoms. The molecule has 15 heavy (non-hydrogen) atoms. The van der Waals surface area contributed by atoms with Gasteiger partial charge in [-0.2, -0.15) is 0 Å². The number of imide groups is 1. The van der Waals surface area contributed by atoms with Gasteiger partial charge in [0.25, 0.3) is 0 Å². The van der Waals surface area contributed by atoms with Crippen molar-refractivity contribution in [1.29, 1.82) is 0 Å². The second-order valence-corrected chi connectivity index (χ2v) is 3.10. The third-order valence-electron chi connectivity index (χ3n) is 1.36. The highest BCUT2D eigenvalue weighted by atomic mass is 35.5. The molecule has 0 fully saturated rings. The van der Waals surface area contributed by atoms with Gasteiger partial charge in [-0.05, 0) is 0 Å². The van der Waals surface area contributed by atoms with E-state index in [1.807, 2.05) is 0 Å². The molecule has 0 spiro atoms. The lowest BCUT2D eigenvalue weighted by Crippen LogP contribution is -2.42. The topological polar surface area (TPSA) is 87.3 Å². The van der Waals surface area contributed by atoms with Crippen LogP contribution in [0.1, 0.15) is 13.3 Å². The molecule has 0 radical (unpaired) electrons. The highest BCUT2D eigenvalue weighted by Gasteiger charge is 2.05. The van der Waals surface area contributed by atoms with Crippen LogP contribution in [-0.4, -0.2) is 36.8 Å². The molecule has 0 bridgehead atoms. The standard InChI is InChI=1S/C8H14ClN3O3/c1-6(13)10-4-5-11-8(15)12-7(14)2-3-9/h2-5H2,1H3,(H,10,13)(H2,11,12,14,15). The Labute approximate surface area is 92.7 Å². The Morgan fingerprint density at radius 1 is 1.13 bits per heavy atom. The molecule has 0 saturated carbocycles. The van der Waals surface area contributed by atoms with Crippen LogP contribution in [0.3, 0.4) is 0 Å². The molecular formula is C8H14ClN3O3. The van der Waals surface area contributed by atoms with Crippen LogP contribution in [0.25, 0.3) is 0 Å². The zero-order chi connectivity index (χ0) is 11.7. The molecule has 0 aliphatic carbocycles. The van der Waals surface area contributed by atoms with E-state index in [0.717, 1.165) is 0 Å². The molecule has 0 aromatic carbocycles. The van der Waals surface area contributed by atoms with Gasteiger partial charge in [-0.25, -0.2) is 4.79 Å². The molecule has 0 heterocycles. The van der Waals surface area contributed by atoms with Gasteiger partial charge >= 0.3 is 6.03 Å². The minimum atomic E-state index is -0.588. The summed E-state index contributed by atoms with van der Waals surface area (Å²) in [5.41, 5.74) is 0. The number of hydrogen-bond acceptors (Lipinski definition) is 3. The van der Waals surface area contributed by atoms with Gasteiger partial charge in [0.15, 0.2) is 0 Å². The molecule has 6 nitrogen and oxygen atoms in total. The molecule has 0 aromatic rings. The average molecular weight is 236 g/mol. The SMILES string of the molecule is CC(=O)NCCNC(=O)NC(=O)CCCl. The molecule has 4 amide bonds. The molecule has 0 saturated heterocycles. The predicted molar refractivity (Wildman–Crippen MR) is 55.6 cm³/mol. The lowest BCUT2D eigenvalue weighted by atomic mass is 10.4. The fourth-order valence-corrected chi connectivity index (χ4v) is 0.905. The number of hydrogen-bond donors (Lipinski definition) is 3. The Kier molecular flexibility index (Phi) is 7.35. The van der Waals surface area contributed by atoms with E-state index in [0.29, 0.717) is 6.54 Å². The molecule has 86 valence electrons. The highest BCUT2D eigenvalue weighted by Crippen LogP contribution is 1.83. The van der Waals surface area contributed by atoms with Gasteiger partial charge in [-0.1, -0.05) is 0 Å². The summed E-state index contributed by atoms with van der Waals surface area (Å²) in [6, 6.07) is -0.588. The number of carbonyl (C=O) groups is 3. The normalized spacial score (nSPS) is 9.20. The van der Waals surface area contributed by atoms with Crippen molar-refractivity contribution in [1.82, 2.24) is 16.0 Å². The van der Waals surface area contributed by atoms with Gasteiger partial charge in [0.2, 0.25) is 11.8 Å². The van der Waals surface area contributed by atoms with Crippen LogP contribution in [0.15, 0.2) is 0 Å². The van der Waals surface area contributed by atoms with E-state index in [-0.39, 0.29) is 24.8 Å². The largest absolute Gasteiger partial charge is 0.355 e. The minimum Gasteiger partial charge on any atom is -0.355 e. The van der Waals surface area contributed by atoms with Crippen molar-refractivity contribution < 1.29 is 14.4 Å². The van der Waals surface area contributed by atoms with Gasteiger partial charge in [-0.3, -0.25) is 14.9 Å². The average Bonchev–Trinajstić information content (AvgIpc) is 2.12. The summed E-state index contributed by atoms with van der Waals surface area (Å²) >= 11 is 5.30. The first-order chi connectivity index (χ1) is 7.06. The van der Waals surface area contributed by atoms with Crippen LogP contribution >= 0.6 is 11.6 Å². The monoisotopic (exact) mass is 235 g/mol. The van der Waals surface area contributed by atoms with Crippen molar-refractivity contribution in [2.24, 2.45) is 0 Å². The molecule has 0 rings (SSSR count). The summed E-state index contributed by atoms with van der Waals surface area (Å²) in [6.45, 7) is 1.97. The van der Waals surface area contributed by atoms with Crippen LogP contribution < -0.4 is 16.0 Å². The second kappa shape index (κ2) is 8.05. The lowest BCUT2D eigenvalue weighted by Gasteiger charge is -2.06. The quantitative estimate of drug-likeness (QED) is 0.447. The number of halogens is 1. The van der Waals surface area contributed by atoms with E-state index in [2.05, 4.69) is 16.0 Å². The Hall–Kier alpha value is -1.30. The van der Waals surface area contributed by atoms with Crippen LogP contribution in [0.4, 0.5) is 4.79 Å². The Balaban J connectivity index is 3.49. The van der Waals surface area contributed by atoms with Gasteiger partial charge in [0.1, 0.15) is 0 Å². The molecule has 0 aromatic heterocycles. The fraction of sp³-hybridized carbons (Fsp3) is 0.625. The van der Waals surface area contributed by atoms with Crippen LogP contribution in [0, 0.1) is 0 Å². The van der Waals surface area contributed by atoms with E-state index in [4.69, 9.17) is 11.6 Å². The van der Waals surface area contributed by atoms with E-state index < -0.39 is 11.9 Å². The number of carbonyl (C=O) groups excluding carboxylic acids is 3. The van der Waals surface area contributed by atoms with Crippen molar-refractivity contribution in [2.75, 3.05) is 19.0 Å². The Morgan fingerprint density at radius 3 is 2.27 bits per heavy atom. The number of amides is 4. The Morgan fingerprint density at radius 2 is 1.73 bits per heavy atom. The minimum absolute atomic E-state index is 0.0979. The molecule has 0 atom stereocenters. The van der Waals surface area contributed by atoms with Gasteiger partial charge in [-0.15, -0.1) is 11.6 Å². The fourth-order valence-electron chi connectivity index (χ4n) is 0.734. The molecule has 0 aliphatic rings. The van der Waals surface area contributed by atoms with Gasteiger partial charge in [0, 0.05) is 32.3 Å². The van der Waals surface area contributed by atoms with Crippen molar-refractivity contribution in [3.63, 3.8) is 0 Å². The predicted octanol–water partition coefficient (Wildman–Crippen LogP) is -0.423. The maximum atomic E-state index is 11.0. The first-order valence-corrected chi connectivity index (χ1v) is 4.97. The zero-order valence-electron chi connectivity index (χ0n) is 8.43. The maximum Gasteiger partial charge on any atom is 0.321 e. The summed E-state index contributed by atoms with van der Waals surface area (Å²) in [7, 11) is 0. The van der Waals surface area contributed by atoms with E-state index in [1.54, 1.807) is 0 Å². The number of nitrogens with one attached hydrogen (secondary N) is 3. The first kappa shape index (κ1) is 13.7. The van der Waals surface area contributed by atoms with Crippen LogP contribution in [0.2, 0.25) is 0 Å². The highest BCUT2D eigenvalue weighted by molar-refractivity contribution is 6.19. The van der Waals surface area contributed by atoms with E-state index >= 15 is 0 Å². The Bertz CT molecular complexity index is 245. The van der Waals surface area contributed by atoms with Crippen molar-refractivity contribution >= 4 is 29.4 Å². The zero-order valence-corrected chi connectivity index (χ0v) is 9.19. The summed E-state index contributed by atoms with van der Waals surface area (Å²) in [4.78, 5) is 32.3. The second-order valence-electron chi connectivity index (χ2n) is 2.73. The van der Waals surface area contributed by atoms with E-state index in [1.165, 1.54) is 6.92 Å². The van der Waals surface area contributed by atoms with Gasteiger partial charge in [0.05, 0.1) is 0 Å². The van der Waals surface area contributed by atoms with Gasteiger partial charge < -0.3 is 10.6 Å². The summed E-state index contributed by atoms with van der Waals surface area (Å²) < 4.78 is 0. The number of rotatable bonds is 5. The van der Waals surface area contributed by atoms with Crippen LogP contribution in [0.5, 0.6) is 0 Å². The third kappa shape index (κ3) is 9.01. The molecule has 0 unspecified atom stereocenters. The number of alkyl halides is 1. The van der Waals surface area contributed by atoms with Crippen LogP contribution in [-0.2, 0) is 9.59 Å². The molecular weight excluding hydrogens is 222 g/mol. The summed E-state index contributed by atoms with van der Waals surface area (Å²) in [5, 5.41) is 6.97. The molecule has 3 N–H and O–H groups in total.